The normalized spacial score (nSPS) is 24.3. The molecule has 0 aliphatic carbocycles. The van der Waals surface area contributed by atoms with E-state index in [1.54, 1.807) is 17.3 Å². The van der Waals surface area contributed by atoms with Crippen molar-refractivity contribution < 1.29 is 18.9 Å². The van der Waals surface area contributed by atoms with Gasteiger partial charge >= 0.3 is 11.9 Å². The molecule has 3 amide bonds. The van der Waals surface area contributed by atoms with Crippen molar-refractivity contribution in [3.05, 3.63) is 12.4 Å². The predicted molar refractivity (Wildman–Crippen MR) is 147 cm³/mol. The third kappa shape index (κ3) is 6.86. The summed E-state index contributed by atoms with van der Waals surface area (Å²) in [6.07, 6.45) is 8.82. The molecule has 1 aromatic heterocycles. The number of ether oxygens (including phenoxy) is 1. The second-order valence-electron chi connectivity index (χ2n) is 11.1. The highest BCUT2D eigenvalue weighted by molar-refractivity contribution is 5.96. The monoisotopic (exact) mass is 527 g/mol. The molecule has 1 aromatic rings. The van der Waals surface area contributed by atoms with Gasteiger partial charge in [0, 0.05) is 32.0 Å². The fourth-order valence-electron chi connectivity index (χ4n) is 5.38. The van der Waals surface area contributed by atoms with Gasteiger partial charge in [-0.15, -0.1) is 0 Å². The minimum absolute atomic E-state index is 0.0689. The summed E-state index contributed by atoms with van der Waals surface area (Å²) in [5, 5.41) is 0. The van der Waals surface area contributed by atoms with Crippen molar-refractivity contribution >= 4 is 29.4 Å². The highest BCUT2D eigenvalue weighted by atomic mass is 16.5. The van der Waals surface area contributed by atoms with E-state index in [1.165, 1.54) is 0 Å². The van der Waals surface area contributed by atoms with Gasteiger partial charge < -0.3 is 26.0 Å². The number of rotatable bonds is 7. The first-order chi connectivity index (χ1) is 18.2. The van der Waals surface area contributed by atoms with Crippen LogP contribution >= 0.6 is 0 Å². The van der Waals surface area contributed by atoms with Crippen LogP contribution < -0.4 is 21.1 Å². The van der Waals surface area contributed by atoms with Crippen LogP contribution in [-0.4, -0.2) is 88.3 Å². The molecular weight excluding hydrogens is 484 g/mol. The van der Waals surface area contributed by atoms with Gasteiger partial charge in [-0.3, -0.25) is 0 Å². The number of amides is 3. The van der Waals surface area contributed by atoms with Crippen LogP contribution in [0, 0.1) is 17.8 Å². The van der Waals surface area contributed by atoms with Gasteiger partial charge in [-0.05, 0) is 37.5 Å². The molecule has 3 aliphatic heterocycles. The lowest BCUT2D eigenvalue weighted by Crippen LogP contribution is -2.41. The minimum atomic E-state index is -0.223. The third-order valence-electron chi connectivity index (χ3n) is 8.04. The molecule has 0 radical (unpaired) electrons. The molecule has 2 atom stereocenters. The molecule has 0 saturated carbocycles. The first-order valence-electron chi connectivity index (χ1n) is 14.0. The Morgan fingerprint density at radius 1 is 1.21 bits per heavy atom. The van der Waals surface area contributed by atoms with Crippen LogP contribution in [0.5, 0.6) is 5.75 Å². The Bertz CT molecular complexity index is 1050. The minimum Gasteiger partial charge on any atom is -0.490 e. The average Bonchev–Trinajstić information content (AvgIpc) is 3.30. The maximum atomic E-state index is 12.3. The number of amidine groups is 1. The van der Waals surface area contributed by atoms with E-state index in [0.717, 1.165) is 44.4 Å². The van der Waals surface area contributed by atoms with E-state index in [2.05, 4.69) is 21.9 Å². The number of piperidine rings is 2. The van der Waals surface area contributed by atoms with Gasteiger partial charge in [0.2, 0.25) is 5.95 Å². The number of likely N-dealkylation sites (tertiary alicyclic amines) is 1. The Morgan fingerprint density at radius 3 is 2.58 bits per heavy atom. The van der Waals surface area contributed by atoms with E-state index in [-0.39, 0.29) is 23.9 Å². The Labute approximate surface area is 225 Å². The van der Waals surface area contributed by atoms with E-state index >= 15 is 0 Å². The summed E-state index contributed by atoms with van der Waals surface area (Å²) >= 11 is 0. The summed E-state index contributed by atoms with van der Waals surface area (Å²) < 4.78 is 7.81. The fraction of sp³-hybridized carbons (Fsp3) is 0.704. The van der Waals surface area contributed by atoms with Crippen LogP contribution in [0.3, 0.4) is 0 Å². The summed E-state index contributed by atoms with van der Waals surface area (Å²) in [7, 11) is 0. The van der Waals surface area contributed by atoms with Gasteiger partial charge in [0.05, 0.1) is 25.4 Å². The third-order valence-corrected chi connectivity index (χ3v) is 8.04. The number of carbonyl (C=O) groups excluding carboxylic acids is 2. The second kappa shape index (κ2) is 12.6. The molecule has 4 rings (SSSR count). The summed E-state index contributed by atoms with van der Waals surface area (Å²) in [5.74, 6) is 2.89. The van der Waals surface area contributed by atoms with Crippen molar-refractivity contribution in [2.45, 2.75) is 65.3 Å². The summed E-state index contributed by atoms with van der Waals surface area (Å²) in [6.45, 7) is 10.0. The highest BCUT2D eigenvalue weighted by Gasteiger charge is 2.38. The second-order valence-corrected chi connectivity index (χ2v) is 11.1. The van der Waals surface area contributed by atoms with Crippen LogP contribution in [0.25, 0.3) is 0 Å². The predicted octanol–water partition coefficient (Wildman–Crippen LogP) is 2.04. The molecule has 3 aliphatic rings. The molecule has 38 heavy (non-hydrogen) atoms. The molecule has 11 heteroatoms. The maximum absolute atomic E-state index is 12.3. The topological polar surface area (TPSA) is 143 Å². The molecular formula is C27H43N8O3+. The number of urea groups is 1. The number of anilines is 1. The summed E-state index contributed by atoms with van der Waals surface area (Å²) in [5.41, 5.74) is 13.2. The van der Waals surface area contributed by atoms with Gasteiger partial charge in [-0.1, -0.05) is 20.8 Å². The number of nitrogens with zero attached hydrogens (tertiary/aromatic N) is 6. The van der Waals surface area contributed by atoms with Gasteiger partial charge in [-0.25, -0.2) is 19.6 Å². The number of aliphatic imine (C=N–C) groups is 1. The van der Waals surface area contributed by atoms with Gasteiger partial charge in [0.25, 0.3) is 0 Å². The van der Waals surface area contributed by atoms with Gasteiger partial charge in [0.15, 0.2) is 18.0 Å². The number of nitrogens with two attached hydrogens (primary N) is 2. The Hall–Kier alpha value is -3.08. The molecule has 3 saturated heterocycles. The number of hydrogen-bond donors (Lipinski definition) is 2. The van der Waals surface area contributed by atoms with Crippen molar-refractivity contribution in [3.8, 4) is 5.75 Å². The first kappa shape index (κ1) is 27.9. The van der Waals surface area contributed by atoms with Crippen molar-refractivity contribution in [3.63, 3.8) is 0 Å². The quantitative estimate of drug-likeness (QED) is 0.312. The zero-order valence-corrected chi connectivity index (χ0v) is 23.0. The smallest absolute Gasteiger partial charge is 0.386 e. The Morgan fingerprint density at radius 2 is 1.92 bits per heavy atom. The fourth-order valence-corrected chi connectivity index (χ4v) is 5.38. The van der Waals surface area contributed by atoms with Crippen LogP contribution in [0.2, 0.25) is 0 Å². The summed E-state index contributed by atoms with van der Waals surface area (Å²) in [6, 6.07) is -0.409. The van der Waals surface area contributed by atoms with E-state index in [4.69, 9.17) is 16.2 Å². The molecule has 2 unspecified atom stereocenters. The van der Waals surface area contributed by atoms with Crippen LogP contribution in [0.15, 0.2) is 17.4 Å². The number of aromatic nitrogens is 2. The van der Waals surface area contributed by atoms with E-state index < -0.39 is 0 Å². The van der Waals surface area contributed by atoms with E-state index in [9.17, 15) is 9.59 Å². The van der Waals surface area contributed by atoms with Crippen LogP contribution in [0.1, 0.15) is 59.3 Å². The molecule has 3 fully saturated rings. The summed E-state index contributed by atoms with van der Waals surface area (Å²) in [4.78, 5) is 41.5. The molecule has 0 aromatic carbocycles. The molecule has 0 bridgehead atoms. The average molecular weight is 528 g/mol. The van der Waals surface area contributed by atoms with E-state index in [1.807, 2.05) is 23.3 Å². The molecule has 0 spiro atoms. The lowest BCUT2D eigenvalue weighted by atomic mass is 9.84. The van der Waals surface area contributed by atoms with Crippen LogP contribution in [-0.2, 0) is 4.79 Å². The Kier molecular flexibility index (Phi) is 9.30. The molecule has 4 N–H and O–H groups in total. The zero-order chi connectivity index (χ0) is 27.2. The van der Waals surface area contributed by atoms with Gasteiger partial charge in [-0.2, -0.15) is 9.57 Å². The zero-order valence-electron chi connectivity index (χ0n) is 23.0. The Balaban J connectivity index is 1.21. The standard InChI is InChI=1S/C27H42N8O3/c1-18(2)25(29)32-27(37)33-11-7-20(8-12-33)19(3)9-13-38-21-14-30-26(31-15-21)34-16-22(28)23(17-34)35-10-5-4-6-24(35)36/h14-15,18-20,22H,4-13,16-17,28H2,1-3H3,(H-,29,32,37)/p+1. The largest absolute Gasteiger partial charge is 0.490 e. The van der Waals surface area contributed by atoms with Crippen molar-refractivity contribution in [2.24, 2.45) is 34.2 Å². The number of carbonyl (C=O) groups is 2. The number of hydrogen-bond acceptors (Lipinski definition) is 7. The highest BCUT2D eigenvalue weighted by Crippen LogP contribution is 2.28. The van der Waals surface area contributed by atoms with E-state index in [0.29, 0.717) is 68.6 Å². The lowest BCUT2D eigenvalue weighted by molar-refractivity contribution is -0.458. The van der Waals surface area contributed by atoms with Crippen molar-refractivity contribution in [1.29, 1.82) is 0 Å². The SMILES string of the molecule is CC(C)C(N)=NC(=O)N1CCC(C(C)CCOc2cnc(N3CC(=[N+]4CCCCC4=O)C(N)C3)nc2)CC1. The molecule has 208 valence electrons. The van der Waals surface area contributed by atoms with Crippen molar-refractivity contribution in [2.75, 3.05) is 44.2 Å². The molecule has 11 nitrogen and oxygen atoms in total. The lowest BCUT2D eigenvalue weighted by Gasteiger charge is -2.34. The van der Waals surface area contributed by atoms with Crippen molar-refractivity contribution in [1.82, 2.24) is 14.9 Å². The molecule has 4 heterocycles. The van der Waals surface area contributed by atoms with Crippen LogP contribution in [0.4, 0.5) is 10.7 Å². The first-order valence-corrected chi connectivity index (χ1v) is 14.0. The van der Waals surface area contributed by atoms with Gasteiger partial charge in [0.1, 0.15) is 18.4 Å². The maximum Gasteiger partial charge on any atom is 0.386 e.